The van der Waals surface area contributed by atoms with Gasteiger partial charge in [-0.2, -0.15) is 0 Å². The van der Waals surface area contributed by atoms with Gasteiger partial charge in [0.2, 0.25) is 0 Å². The highest BCUT2D eigenvalue weighted by Crippen LogP contribution is 2.31. The molecule has 0 bridgehead atoms. The standard InChI is InChI=1S/C10H9NO4S/c1-14-9-3-2-7(16(12)13)4-8(9)10-5-11-6-15-10/h2-6H,1H3,(H,12,13)/p-1. The second-order valence-corrected chi connectivity index (χ2v) is 3.90. The fourth-order valence-electron chi connectivity index (χ4n) is 1.33. The molecule has 1 aromatic heterocycles. The second-order valence-electron chi connectivity index (χ2n) is 2.96. The van der Waals surface area contributed by atoms with E-state index in [1.54, 1.807) is 6.07 Å². The highest BCUT2D eigenvalue weighted by atomic mass is 32.2. The van der Waals surface area contributed by atoms with E-state index in [0.717, 1.165) is 0 Å². The Morgan fingerprint density at radius 3 is 2.88 bits per heavy atom. The third-order valence-electron chi connectivity index (χ3n) is 2.06. The van der Waals surface area contributed by atoms with Crippen LogP contribution in [-0.2, 0) is 11.1 Å². The number of rotatable bonds is 3. The van der Waals surface area contributed by atoms with Gasteiger partial charge in [-0.1, -0.05) is 0 Å². The topological polar surface area (TPSA) is 75.4 Å². The number of nitrogens with zero attached hydrogens (tertiary/aromatic N) is 1. The van der Waals surface area contributed by atoms with Crippen molar-refractivity contribution in [3.8, 4) is 17.1 Å². The third kappa shape index (κ3) is 1.98. The number of aromatic nitrogens is 1. The maximum absolute atomic E-state index is 10.8. The molecule has 0 fully saturated rings. The first-order valence-corrected chi connectivity index (χ1v) is 5.46. The molecular weight excluding hydrogens is 230 g/mol. The Balaban J connectivity index is 2.56. The van der Waals surface area contributed by atoms with Crippen molar-refractivity contribution in [1.82, 2.24) is 4.98 Å². The first-order chi connectivity index (χ1) is 7.72. The molecule has 84 valence electrons. The van der Waals surface area contributed by atoms with E-state index in [2.05, 4.69) is 4.98 Å². The van der Waals surface area contributed by atoms with Crippen LogP contribution in [-0.4, -0.2) is 20.9 Å². The van der Waals surface area contributed by atoms with Gasteiger partial charge in [-0.3, -0.25) is 4.21 Å². The highest BCUT2D eigenvalue weighted by Gasteiger charge is 2.10. The molecule has 0 aliphatic rings. The van der Waals surface area contributed by atoms with Gasteiger partial charge < -0.3 is 13.7 Å². The first-order valence-electron chi connectivity index (χ1n) is 4.38. The average molecular weight is 238 g/mol. The van der Waals surface area contributed by atoms with Crippen LogP contribution in [0.2, 0.25) is 0 Å². The molecule has 2 aromatic rings. The molecular formula is C10H8NO4S-. The summed E-state index contributed by atoms with van der Waals surface area (Å²) in [7, 11) is 1.50. The maximum Gasteiger partial charge on any atom is 0.181 e. The van der Waals surface area contributed by atoms with Crippen LogP contribution in [0.25, 0.3) is 11.3 Å². The van der Waals surface area contributed by atoms with Gasteiger partial charge >= 0.3 is 0 Å². The summed E-state index contributed by atoms with van der Waals surface area (Å²) < 4.78 is 31.9. The van der Waals surface area contributed by atoms with Gasteiger partial charge in [0, 0.05) is 4.90 Å². The molecule has 0 spiro atoms. The molecule has 1 unspecified atom stereocenters. The minimum Gasteiger partial charge on any atom is -0.768 e. The van der Waals surface area contributed by atoms with E-state index in [1.807, 2.05) is 0 Å². The number of ether oxygens (including phenoxy) is 1. The van der Waals surface area contributed by atoms with Gasteiger partial charge in [-0.05, 0) is 29.3 Å². The summed E-state index contributed by atoms with van der Waals surface area (Å²) in [6.45, 7) is 0. The molecule has 0 saturated heterocycles. The molecule has 1 atom stereocenters. The molecule has 1 heterocycles. The van der Waals surface area contributed by atoms with Crippen molar-refractivity contribution in [2.24, 2.45) is 0 Å². The van der Waals surface area contributed by atoms with Gasteiger partial charge in [-0.15, -0.1) is 0 Å². The lowest BCUT2D eigenvalue weighted by Crippen LogP contribution is -1.92. The zero-order valence-electron chi connectivity index (χ0n) is 8.38. The van der Waals surface area contributed by atoms with Crippen molar-refractivity contribution in [3.63, 3.8) is 0 Å². The van der Waals surface area contributed by atoms with Crippen molar-refractivity contribution in [2.75, 3.05) is 7.11 Å². The second kappa shape index (κ2) is 4.46. The summed E-state index contributed by atoms with van der Waals surface area (Å²) >= 11 is -2.28. The summed E-state index contributed by atoms with van der Waals surface area (Å²) in [6, 6.07) is 4.51. The summed E-state index contributed by atoms with van der Waals surface area (Å²) in [5, 5.41) is 0. The summed E-state index contributed by atoms with van der Waals surface area (Å²) in [5.74, 6) is 0.995. The molecule has 0 aliphatic heterocycles. The van der Waals surface area contributed by atoms with Crippen LogP contribution in [0.15, 0.2) is 40.1 Å². The predicted molar refractivity (Wildman–Crippen MR) is 55.7 cm³/mol. The van der Waals surface area contributed by atoms with E-state index in [1.165, 1.54) is 31.8 Å². The zero-order chi connectivity index (χ0) is 11.5. The number of oxazole rings is 1. The Bertz CT molecular complexity index is 510. The largest absolute Gasteiger partial charge is 0.768 e. The number of benzene rings is 1. The zero-order valence-corrected chi connectivity index (χ0v) is 9.19. The smallest absolute Gasteiger partial charge is 0.181 e. The Morgan fingerprint density at radius 2 is 2.31 bits per heavy atom. The Kier molecular flexibility index (Phi) is 3.02. The number of hydrogen-bond donors (Lipinski definition) is 0. The molecule has 0 saturated carbocycles. The molecule has 5 nitrogen and oxygen atoms in total. The molecule has 0 radical (unpaired) electrons. The lowest BCUT2D eigenvalue weighted by Gasteiger charge is -2.10. The van der Waals surface area contributed by atoms with Crippen molar-refractivity contribution < 1.29 is 17.9 Å². The predicted octanol–water partition coefficient (Wildman–Crippen LogP) is 1.59. The van der Waals surface area contributed by atoms with Crippen molar-refractivity contribution >= 4 is 11.1 Å². The Morgan fingerprint density at radius 1 is 1.50 bits per heavy atom. The van der Waals surface area contributed by atoms with Crippen LogP contribution in [0.3, 0.4) is 0 Å². The highest BCUT2D eigenvalue weighted by molar-refractivity contribution is 7.79. The van der Waals surface area contributed by atoms with E-state index < -0.39 is 11.1 Å². The summed E-state index contributed by atoms with van der Waals surface area (Å²) in [5.41, 5.74) is 0.557. The SMILES string of the molecule is COc1ccc(S(=O)[O-])cc1-c1cnco1. The average Bonchev–Trinajstić information content (AvgIpc) is 2.81. The fourth-order valence-corrected chi connectivity index (χ4v) is 1.73. The molecule has 6 heteroatoms. The molecule has 0 N–H and O–H groups in total. The third-order valence-corrected chi connectivity index (χ3v) is 2.70. The van der Waals surface area contributed by atoms with Crippen LogP contribution >= 0.6 is 0 Å². The van der Waals surface area contributed by atoms with Crippen molar-refractivity contribution in [2.45, 2.75) is 4.90 Å². The molecule has 0 amide bonds. The molecule has 1 aromatic carbocycles. The van der Waals surface area contributed by atoms with Gasteiger partial charge in [0.1, 0.15) is 5.75 Å². The first kappa shape index (κ1) is 10.8. The van der Waals surface area contributed by atoms with E-state index in [9.17, 15) is 8.76 Å². The Hall–Kier alpha value is -1.66. The van der Waals surface area contributed by atoms with E-state index >= 15 is 0 Å². The molecule has 16 heavy (non-hydrogen) atoms. The quantitative estimate of drug-likeness (QED) is 0.759. The Labute approximate surface area is 94.4 Å². The van der Waals surface area contributed by atoms with Crippen LogP contribution in [0.4, 0.5) is 0 Å². The van der Waals surface area contributed by atoms with Gasteiger partial charge in [0.25, 0.3) is 0 Å². The van der Waals surface area contributed by atoms with Gasteiger partial charge in [-0.25, -0.2) is 4.98 Å². The molecule has 2 rings (SSSR count). The number of hydrogen-bond acceptors (Lipinski definition) is 5. The lowest BCUT2D eigenvalue weighted by atomic mass is 10.1. The summed E-state index contributed by atoms with van der Waals surface area (Å²) in [4.78, 5) is 3.95. The summed E-state index contributed by atoms with van der Waals surface area (Å²) in [6.07, 6.45) is 2.77. The van der Waals surface area contributed by atoms with Crippen molar-refractivity contribution in [1.29, 1.82) is 0 Å². The van der Waals surface area contributed by atoms with Crippen LogP contribution in [0.5, 0.6) is 5.75 Å². The normalized spacial score (nSPS) is 12.4. The minimum absolute atomic E-state index is 0.173. The molecule has 0 aliphatic carbocycles. The lowest BCUT2D eigenvalue weighted by molar-refractivity contribution is 0.414. The van der Waals surface area contributed by atoms with E-state index in [4.69, 9.17) is 9.15 Å². The van der Waals surface area contributed by atoms with E-state index in [-0.39, 0.29) is 4.90 Å². The fraction of sp³-hybridized carbons (Fsp3) is 0.100. The van der Waals surface area contributed by atoms with E-state index in [0.29, 0.717) is 17.1 Å². The monoisotopic (exact) mass is 238 g/mol. The van der Waals surface area contributed by atoms with Crippen LogP contribution in [0, 0.1) is 0 Å². The minimum atomic E-state index is -2.28. The maximum atomic E-state index is 10.8. The van der Waals surface area contributed by atoms with Gasteiger partial charge in [0.05, 0.1) is 18.9 Å². The number of methoxy groups -OCH3 is 1. The van der Waals surface area contributed by atoms with Gasteiger partial charge in [0.15, 0.2) is 12.2 Å². The van der Waals surface area contributed by atoms with Crippen molar-refractivity contribution in [3.05, 3.63) is 30.8 Å². The van der Waals surface area contributed by atoms with Crippen LogP contribution < -0.4 is 4.74 Å². The van der Waals surface area contributed by atoms with Crippen LogP contribution in [0.1, 0.15) is 0 Å².